The molecule has 0 nitrogen and oxygen atoms in total. The van der Waals surface area contributed by atoms with Crippen LogP contribution in [0.1, 0.15) is 99.8 Å². The third-order valence-corrected chi connectivity index (χ3v) is 6.51. The van der Waals surface area contributed by atoms with E-state index in [1.165, 1.54) is 62.5 Å². The van der Waals surface area contributed by atoms with Crippen molar-refractivity contribution in [3.05, 3.63) is 24.3 Å². The van der Waals surface area contributed by atoms with Gasteiger partial charge < -0.3 is 0 Å². The Kier molecular flexibility index (Phi) is 9.35. The third kappa shape index (κ3) is 5.94. The Morgan fingerprint density at radius 1 is 0.955 bits per heavy atom. The molecular formula is C22H42. The molecule has 0 radical (unpaired) electrons. The first-order chi connectivity index (χ1) is 10.2. The average molecular weight is 307 g/mol. The van der Waals surface area contributed by atoms with E-state index in [1.807, 2.05) is 0 Å². The molecule has 0 saturated carbocycles. The summed E-state index contributed by atoms with van der Waals surface area (Å²) in [6.07, 6.45) is 9.99. The summed E-state index contributed by atoms with van der Waals surface area (Å²) in [6, 6.07) is 0. The van der Waals surface area contributed by atoms with Crippen LogP contribution in [-0.2, 0) is 0 Å². The van der Waals surface area contributed by atoms with E-state index in [2.05, 4.69) is 61.6 Å². The van der Waals surface area contributed by atoms with Crippen molar-refractivity contribution in [1.82, 2.24) is 0 Å². The van der Waals surface area contributed by atoms with E-state index in [-0.39, 0.29) is 0 Å². The SMILES string of the molecule is C=C(CC(CC)(CC)CC)C(C)CCC(C)(CCC)C(=C)C. The highest BCUT2D eigenvalue weighted by Crippen LogP contribution is 2.41. The third-order valence-electron chi connectivity index (χ3n) is 6.51. The van der Waals surface area contributed by atoms with Crippen LogP contribution in [0.15, 0.2) is 24.3 Å². The fourth-order valence-corrected chi connectivity index (χ4v) is 3.62. The van der Waals surface area contributed by atoms with Crippen molar-refractivity contribution >= 4 is 0 Å². The topological polar surface area (TPSA) is 0 Å². The monoisotopic (exact) mass is 306 g/mol. The second-order valence-electron chi connectivity index (χ2n) is 7.93. The fraction of sp³-hybridized carbons (Fsp3) is 0.818. The van der Waals surface area contributed by atoms with Gasteiger partial charge in [0.1, 0.15) is 0 Å². The maximum Gasteiger partial charge on any atom is -0.0122 e. The molecule has 0 rings (SSSR count). The van der Waals surface area contributed by atoms with E-state index in [1.54, 1.807) is 0 Å². The second-order valence-corrected chi connectivity index (χ2v) is 7.93. The molecule has 0 aromatic heterocycles. The fourth-order valence-electron chi connectivity index (χ4n) is 3.62. The van der Waals surface area contributed by atoms with Gasteiger partial charge in [0.2, 0.25) is 0 Å². The number of allylic oxidation sites excluding steroid dienone is 2. The summed E-state index contributed by atoms with van der Waals surface area (Å²) in [7, 11) is 0. The van der Waals surface area contributed by atoms with Crippen LogP contribution >= 0.6 is 0 Å². The van der Waals surface area contributed by atoms with Gasteiger partial charge in [-0.15, -0.1) is 0 Å². The minimum absolute atomic E-state index is 0.306. The Balaban J connectivity index is 4.68. The summed E-state index contributed by atoms with van der Waals surface area (Å²) in [5.41, 5.74) is 3.59. The Bertz CT molecular complexity index is 337. The van der Waals surface area contributed by atoms with Gasteiger partial charge in [-0.2, -0.15) is 0 Å². The van der Waals surface area contributed by atoms with Crippen LogP contribution in [-0.4, -0.2) is 0 Å². The molecule has 0 aliphatic carbocycles. The zero-order valence-electron chi connectivity index (χ0n) is 16.6. The Hall–Kier alpha value is -0.520. The van der Waals surface area contributed by atoms with Crippen molar-refractivity contribution in [2.45, 2.75) is 99.8 Å². The summed E-state index contributed by atoms with van der Waals surface area (Å²) in [5, 5.41) is 0. The van der Waals surface area contributed by atoms with E-state index < -0.39 is 0 Å². The van der Waals surface area contributed by atoms with Crippen molar-refractivity contribution in [3.8, 4) is 0 Å². The highest BCUT2D eigenvalue weighted by Gasteiger charge is 2.28. The molecule has 0 fully saturated rings. The van der Waals surface area contributed by atoms with Gasteiger partial charge in [0.25, 0.3) is 0 Å². The Morgan fingerprint density at radius 3 is 1.82 bits per heavy atom. The van der Waals surface area contributed by atoms with Crippen molar-refractivity contribution in [3.63, 3.8) is 0 Å². The summed E-state index contributed by atoms with van der Waals surface area (Å²) >= 11 is 0. The second kappa shape index (κ2) is 9.58. The largest absolute Gasteiger partial charge is 0.0996 e. The molecule has 2 unspecified atom stereocenters. The first kappa shape index (κ1) is 21.5. The van der Waals surface area contributed by atoms with Crippen LogP contribution in [0.5, 0.6) is 0 Å². The zero-order chi connectivity index (χ0) is 17.4. The molecule has 0 aliphatic heterocycles. The highest BCUT2D eigenvalue weighted by molar-refractivity contribution is 5.08. The summed E-state index contributed by atoms with van der Waals surface area (Å²) in [5.74, 6) is 0.625. The molecule has 0 bridgehead atoms. The highest BCUT2D eigenvalue weighted by atomic mass is 14.3. The van der Waals surface area contributed by atoms with E-state index >= 15 is 0 Å². The summed E-state index contributed by atoms with van der Waals surface area (Å²) < 4.78 is 0. The van der Waals surface area contributed by atoms with Crippen molar-refractivity contribution in [2.24, 2.45) is 16.7 Å². The van der Waals surface area contributed by atoms with E-state index in [0.717, 1.165) is 0 Å². The van der Waals surface area contributed by atoms with E-state index in [0.29, 0.717) is 16.7 Å². The van der Waals surface area contributed by atoms with Crippen LogP contribution < -0.4 is 0 Å². The molecule has 0 aliphatic rings. The molecule has 0 aromatic rings. The predicted octanol–water partition coefficient (Wildman–Crippen LogP) is 7.95. The minimum Gasteiger partial charge on any atom is -0.0996 e. The first-order valence-electron chi connectivity index (χ1n) is 9.53. The number of hydrogen-bond acceptors (Lipinski definition) is 0. The van der Waals surface area contributed by atoms with Gasteiger partial charge in [-0.05, 0) is 49.4 Å². The Labute approximate surface area is 141 Å². The molecule has 130 valence electrons. The normalized spacial score (nSPS) is 16.1. The van der Waals surface area contributed by atoms with Crippen LogP contribution in [0.3, 0.4) is 0 Å². The lowest BCUT2D eigenvalue weighted by Gasteiger charge is -2.35. The molecular weight excluding hydrogens is 264 g/mol. The predicted molar refractivity (Wildman–Crippen MR) is 103 cm³/mol. The molecule has 0 aromatic carbocycles. The molecule has 0 N–H and O–H groups in total. The van der Waals surface area contributed by atoms with E-state index in [4.69, 9.17) is 0 Å². The summed E-state index contributed by atoms with van der Waals surface area (Å²) in [6.45, 7) is 25.0. The molecule has 0 spiro atoms. The molecule has 0 heterocycles. The maximum absolute atomic E-state index is 4.45. The molecule has 22 heavy (non-hydrogen) atoms. The van der Waals surface area contributed by atoms with Crippen molar-refractivity contribution in [1.29, 1.82) is 0 Å². The van der Waals surface area contributed by atoms with Crippen LogP contribution in [0.25, 0.3) is 0 Å². The zero-order valence-corrected chi connectivity index (χ0v) is 16.6. The Morgan fingerprint density at radius 2 is 1.45 bits per heavy atom. The van der Waals surface area contributed by atoms with Crippen LogP contribution in [0, 0.1) is 16.7 Å². The number of rotatable bonds is 12. The molecule has 2 atom stereocenters. The van der Waals surface area contributed by atoms with Gasteiger partial charge in [0.15, 0.2) is 0 Å². The quantitative estimate of drug-likeness (QED) is 0.321. The van der Waals surface area contributed by atoms with Crippen LogP contribution in [0.2, 0.25) is 0 Å². The van der Waals surface area contributed by atoms with Gasteiger partial charge in [0, 0.05) is 0 Å². The average Bonchev–Trinajstić information content (AvgIpc) is 2.50. The molecule has 0 amide bonds. The summed E-state index contributed by atoms with van der Waals surface area (Å²) in [4.78, 5) is 0. The lowest BCUT2D eigenvalue weighted by Crippen LogP contribution is -2.22. The smallest absolute Gasteiger partial charge is 0.0122 e. The van der Waals surface area contributed by atoms with Gasteiger partial charge in [-0.1, -0.05) is 91.5 Å². The minimum atomic E-state index is 0.306. The van der Waals surface area contributed by atoms with Crippen LogP contribution in [0.4, 0.5) is 0 Å². The maximum atomic E-state index is 4.45. The molecule has 0 heteroatoms. The lowest BCUT2D eigenvalue weighted by atomic mass is 9.71. The standard InChI is InChI=1S/C22H42/c1-10-15-21(9,18(5)6)16-14-19(7)20(8)17-22(11-2,12-3)13-4/h19H,5,8,10-17H2,1-4,6-7,9H3. The molecule has 0 saturated heterocycles. The first-order valence-corrected chi connectivity index (χ1v) is 9.53. The number of hydrogen-bond donors (Lipinski definition) is 0. The van der Waals surface area contributed by atoms with Gasteiger partial charge in [0.05, 0.1) is 0 Å². The van der Waals surface area contributed by atoms with Gasteiger partial charge in [-0.25, -0.2) is 0 Å². The van der Waals surface area contributed by atoms with Crippen molar-refractivity contribution < 1.29 is 0 Å². The van der Waals surface area contributed by atoms with Crippen molar-refractivity contribution in [2.75, 3.05) is 0 Å². The lowest BCUT2D eigenvalue weighted by molar-refractivity contribution is 0.236. The van der Waals surface area contributed by atoms with Gasteiger partial charge in [-0.3, -0.25) is 0 Å². The van der Waals surface area contributed by atoms with E-state index in [9.17, 15) is 0 Å². The van der Waals surface area contributed by atoms with Gasteiger partial charge >= 0.3 is 0 Å².